The van der Waals surface area contributed by atoms with E-state index < -0.39 is 6.09 Å². The van der Waals surface area contributed by atoms with Gasteiger partial charge in [-0.05, 0) is 109 Å². The number of fused-ring (bicyclic) bond motifs is 2. The highest BCUT2D eigenvalue weighted by Gasteiger charge is 2.33. The summed E-state index contributed by atoms with van der Waals surface area (Å²) in [5.74, 6) is 0.173. The number of carbonyl (C=O) groups excluding carboxylic acids is 3. The molecule has 10 heteroatoms. The lowest BCUT2D eigenvalue weighted by Crippen LogP contribution is -2.42. The summed E-state index contributed by atoms with van der Waals surface area (Å²) in [7, 11) is 3.58. The number of hydrogen-bond donors (Lipinski definition) is 1. The van der Waals surface area contributed by atoms with Gasteiger partial charge in [-0.1, -0.05) is 35.9 Å². The third-order valence-electron chi connectivity index (χ3n) is 9.92. The molecule has 254 valence electrons. The lowest BCUT2D eigenvalue weighted by molar-refractivity contribution is 0.0658. The van der Waals surface area contributed by atoms with Crippen molar-refractivity contribution in [1.29, 1.82) is 0 Å². The Labute approximate surface area is 295 Å². The number of halogens is 1. The van der Waals surface area contributed by atoms with Crippen LogP contribution in [0.5, 0.6) is 11.5 Å². The second-order valence-electron chi connectivity index (χ2n) is 13.1. The smallest absolute Gasteiger partial charge is 0.415 e. The van der Waals surface area contributed by atoms with Crippen molar-refractivity contribution in [3.63, 3.8) is 0 Å². The van der Waals surface area contributed by atoms with E-state index in [0.717, 1.165) is 28.8 Å². The van der Waals surface area contributed by atoms with Crippen molar-refractivity contribution >= 4 is 35.2 Å². The number of ether oxygens (including phenoxy) is 1. The zero-order valence-corrected chi connectivity index (χ0v) is 29.1. The number of carbonyl (C=O) groups is 3. The summed E-state index contributed by atoms with van der Waals surface area (Å²) >= 11 is 6.01. The number of nitrogens with zero attached hydrogens (tertiary/aromatic N) is 4. The number of benzene rings is 4. The Morgan fingerprint density at radius 2 is 1.50 bits per heavy atom. The molecule has 0 bridgehead atoms. The van der Waals surface area contributed by atoms with Crippen molar-refractivity contribution in [2.75, 3.05) is 11.9 Å². The number of aromatic hydroxyl groups is 1. The van der Waals surface area contributed by atoms with Crippen LogP contribution < -0.4 is 9.64 Å². The zero-order valence-electron chi connectivity index (χ0n) is 28.3. The second kappa shape index (κ2) is 13.1. The minimum absolute atomic E-state index is 0.0318. The predicted octanol–water partition coefficient (Wildman–Crippen LogP) is 7.74. The van der Waals surface area contributed by atoms with Gasteiger partial charge in [0.05, 0.1) is 5.56 Å². The molecule has 0 unspecified atom stereocenters. The first-order chi connectivity index (χ1) is 24.0. The van der Waals surface area contributed by atoms with Gasteiger partial charge in [0.1, 0.15) is 11.5 Å². The van der Waals surface area contributed by atoms with Crippen molar-refractivity contribution in [2.24, 2.45) is 7.05 Å². The highest BCUT2D eigenvalue weighted by atomic mass is 35.5. The molecule has 1 aromatic heterocycles. The molecular weight excluding hydrogens is 652 g/mol. The normalized spacial score (nSPS) is 15.0. The van der Waals surface area contributed by atoms with Crippen LogP contribution in [0.1, 0.15) is 55.6 Å². The topological polar surface area (TPSA) is 95.3 Å². The molecule has 0 saturated carbocycles. The molecule has 0 spiro atoms. The van der Waals surface area contributed by atoms with Gasteiger partial charge < -0.3 is 24.2 Å². The van der Waals surface area contributed by atoms with Crippen molar-refractivity contribution in [3.8, 4) is 22.8 Å². The number of anilines is 1. The van der Waals surface area contributed by atoms with Gasteiger partial charge in [0.15, 0.2) is 0 Å². The third-order valence-corrected chi connectivity index (χ3v) is 10.2. The first-order valence-electron chi connectivity index (χ1n) is 16.5. The zero-order chi connectivity index (χ0) is 35.3. The average Bonchev–Trinajstić information content (AvgIpc) is 3.67. The van der Waals surface area contributed by atoms with E-state index in [2.05, 4.69) is 19.1 Å². The van der Waals surface area contributed by atoms with E-state index in [1.807, 2.05) is 53.8 Å². The largest absolute Gasteiger partial charge is 0.508 e. The summed E-state index contributed by atoms with van der Waals surface area (Å²) in [6.45, 7) is 5.02. The SMILES string of the molecule is Cc1c(C(=O)N(C)c2ccc(O)cc2)cc(-c2cc3c(cc2C(=O)N2Cc4ccccc4C[C@H]2C)CN(C(=O)Oc2ccc(Cl)cc2)C3)n1C. The Morgan fingerprint density at radius 1 is 0.840 bits per heavy atom. The fraction of sp³-hybridized carbons (Fsp3) is 0.225. The molecule has 4 aromatic carbocycles. The molecule has 1 N–H and O–H groups in total. The third kappa shape index (κ3) is 6.09. The van der Waals surface area contributed by atoms with E-state index in [1.165, 1.54) is 10.5 Å². The van der Waals surface area contributed by atoms with Crippen molar-refractivity contribution in [1.82, 2.24) is 14.4 Å². The van der Waals surface area contributed by atoms with Crippen LogP contribution in [0.4, 0.5) is 10.5 Å². The number of aromatic nitrogens is 1. The van der Waals surface area contributed by atoms with Gasteiger partial charge in [0.2, 0.25) is 0 Å². The van der Waals surface area contributed by atoms with E-state index in [-0.39, 0.29) is 30.2 Å². The van der Waals surface area contributed by atoms with Gasteiger partial charge in [0.25, 0.3) is 11.8 Å². The summed E-state index contributed by atoms with van der Waals surface area (Å²) in [6, 6.07) is 27.0. The van der Waals surface area contributed by atoms with Gasteiger partial charge in [0, 0.05) is 73.0 Å². The molecular formula is C40H37ClN4O5. The Bertz CT molecular complexity index is 2140. The fourth-order valence-corrected chi connectivity index (χ4v) is 7.02. The van der Waals surface area contributed by atoms with Crippen LogP contribution in [0.15, 0.2) is 91.0 Å². The summed E-state index contributed by atoms with van der Waals surface area (Å²) < 4.78 is 7.58. The Balaban J connectivity index is 1.27. The molecule has 0 saturated heterocycles. The van der Waals surface area contributed by atoms with Crippen LogP contribution >= 0.6 is 11.6 Å². The molecule has 9 nitrogen and oxygen atoms in total. The molecule has 50 heavy (non-hydrogen) atoms. The summed E-state index contributed by atoms with van der Waals surface area (Å²) in [5.41, 5.74) is 7.90. The Morgan fingerprint density at radius 3 is 2.20 bits per heavy atom. The number of amides is 3. The maximum atomic E-state index is 14.7. The van der Waals surface area contributed by atoms with Crippen LogP contribution in [-0.4, -0.2) is 50.5 Å². The fourth-order valence-electron chi connectivity index (χ4n) is 6.89. The lowest BCUT2D eigenvalue weighted by atomic mass is 9.92. The van der Waals surface area contributed by atoms with Crippen molar-refractivity contribution < 1.29 is 24.2 Å². The van der Waals surface area contributed by atoms with E-state index in [9.17, 15) is 19.5 Å². The van der Waals surface area contributed by atoms with E-state index in [1.54, 1.807) is 60.5 Å². The molecule has 0 aliphatic carbocycles. The molecule has 3 heterocycles. The number of hydrogen-bond acceptors (Lipinski definition) is 5. The first kappa shape index (κ1) is 33.0. The molecule has 7 rings (SSSR count). The molecule has 0 radical (unpaired) electrons. The quantitative estimate of drug-likeness (QED) is 0.204. The highest BCUT2D eigenvalue weighted by Crippen LogP contribution is 2.37. The number of phenols is 1. The van der Waals surface area contributed by atoms with Crippen molar-refractivity contribution in [2.45, 2.75) is 45.9 Å². The van der Waals surface area contributed by atoms with E-state index >= 15 is 0 Å². The summed E-state index contributed by atoms with van der Waals surface area (Å²) in [6.07, 6.45) is 0.247. The Kier molecular flexibility index (Phi) is 8.61. The van der Waals surface area contributed by atoms with Gasteiger partial charge in [-0.2, -0.15) is 0 Å². The number of rotatable bonds is 5. The van der Waals surface area contributed by atoms with Gasteiger partial charge in [-0.15, -0.1) is 0 Å². The second-order valence-corrected chi connectivity index (χ2v) is 13.5. The summed E-state index contributed by atoms with van der Waals surface area (Å²) in [5, 5.41) is 10.3. The van der Waals surface area contributed by atoms with Gasteiger partial charge in [-0.25, -0.2) is 4.79 Å². The molecule has 1 atom stereocenters. The average molecular weight is 689 g/mol. The van der Waals surface area contributed by atoms with E-state index in [0.29, 0.717) is 51.9 Å². The van der Waals surface area contributed by atoms with Crippen LogP contribution in [0.25, 0.3) is 11.3 Å². The molecule has 5 aromatic rings. The standard InChI is InChI=1S/C40H37ClN4O5/c1-24-17-26-7-5-6-8-27(26)23-45(24)39(48)36-19-29-22-44(40(49)50-33-15-9-30(41)10-16-33)21-28(29)18-35(36)37-20-34(25(2)42(37)3)38(47)43(4)31-11-13-32(46)14-12-31/h5-16,18-20,24,46H,17,21-23H2,1-4H3/t24-/m1/s1. The Hall–Kier alpha value is -5.54. The summed E-state index contributed by atoms with van der Waals surface area (Å²) in [4.78, 5) is 46.8. The van der Waals surface area contributed by atoms with E-state index in [4.69, 9.17) is 16.3 Å². The predicted molar refractivity (Wildman–Crippen MR) is 193 cm³/mol. The molecule has 0 fully saturated rings. The molecule has 2 aliphatic rings. The number of phenolic OH excluding ortho intramolecular Hbond substituents is 1. The monoisotopic (exact) mass is 688 g/mol. The lowest BCUT2D eigenvalue weighted by Gasteiger charge is -2.35. The maximum Gasteiger partial charge on any atom is 0.415 e. The van der Waals surface area contributed by atoms with Gasteiger partial charge >= 0.3 is 6.09 Å². The van der Waals surface area contributed by atoms with Crippen LogP contribution in [0.2, 0.25) is 5.02 Å². The van der Waals surface area contributed by atoms with Crippen LogP contribution in [0, 0.1) is 6.92 Å². The minimum atomic E-state index is -0.501. The molecule has 3 amide bonds. The van der Waals surface area contributed by atoms with Crippen LogP contribution in [-0.2, 0) is 33.1 Å². The first-order valence-corrected chi connectivity index (χ1v) is 16.9. The highest BCUT2D eigenvalue weighted by molar-refractivity contribution is 6.30. The maximum absolute atomic E-state index is 14.7. The molecule has 2 aliphatic heterocycles. The minimum Gasteiger partial charge on any atom is -0.508 e. The van der Waals surface area contributed by atoms with Gasteiger partial charge in [-0.3, -0.25) is 14.5 Å². The van der Waals surface area contributed by atoms with Crippen molar-refractivity contribution in [3.05, 3.63) is 135 Å². The van der Waals surface area contributed by atoms with Crippen LogP contribution in [0.3, 0.4) is 0 Å².